The summed E-state index contributed by atoms with van der Waals surface area (Å²) in [5.41, 5.74) is 2.03. The number of amides is 1. The normalized spacial score (nSPS) is 21.5. The zero-order chi connectivity index (χ0) is 17.7. The van der Waals surface area contributed by atoms with Gasteiger partial charge in [0.05, 0.1) is 18.2 Å². The van der Waals surface area contributed by atoms with E-state index in [2.05, 4.69) is 22.0 Å². The van der Waals surface area contributed by atoms with Crippen LogP contribution in [-0.2, 0) is 11.3 Å². The molecule has 2 aromatic rings. The lowest BCUT2D eigenvalue weighted by Gasteiger charge is -2.14. The van der Waals surface area contributed by atoms with Crippen molar-refractivity contribution in [2.75, 3.05) is 30.0 Å². The third-order valence-corrected chi connectivity index (χ3v) is 5.20. The highest BCUT2D eigenvalue weighted by Crippen LogP contribution is 2.37. The van der Waals surface area contributed by atoms with Gasteiger partial charge in [0.15, 0.2) is 5.82 Å². The van der Waals surface area contributed by atoms with Crippen LogP contribution in [0, 0.1) is 5.92 Å². The van der Waals surface area contributed by atoms with Gasteiger partial charge in [-0.1, -0.05) is 0 Å². The molecule has 26 heavy (non-hydrogen) atoms. The van der Waals surface area contributed by atoms with E-state index in [1.165, 1.54) is 12.8 Å². The molecule has 1 saturated heterocycles. The van der Waals surface area contributed by atoms with E-state index in [1.807, 2.05) is 19.2 Å². The first-order valence-electron chi connectivity index (χ1n) is 9.23. The van der Waals surface area contributed by atoms with Crippen LogP contribution in [0.1, 0.15) is 19.8 Å². The molecule has 136 valence electrons. The number of nitrogens with one attached hydrogen (secondary N) is 1. The molecule has 1 aliphatic carbocycles. The lowest BCUT2D eigenvalue weighted by atomic mass is 10.1. The van der Waals surface area contributed by atoms with E-state index in [4.69, 9.17) is 14.5 Å². The van der Waals surface area contributed by atoms with Crippen LogP contribution >= 0.6 is 0 Å². The lowest BCUT2D eigenvalue weighted by molar-refractivity contribution is 0.179. The Morgan fingerprint density at radius 3 is 2.96 bits per heavy atom. The monoisotopic (exact) mass is 354 g/mol. The third-order valence-electron chi connectivity index (χ3n) is 5.20. The number of ether oxygens (including phenoxy) is 2. The molecule has 1 N–H and O–H groups in total. The standard InChI is InChI=1S/C19H22N4O3/c1-12-11-26-19(24)23(12)17-10-22-6-7-25-16-8-14(20-9-13-2-3-13)4-5-15(16)18(22)21-17/h4-5,8,10,12-13,20H,2-3,6-7,9,11H2,1H3/t12-/m1/s1. The number of nitrogens with zero attached hydrogens (tertiary/aromatic N) is 3. The van der Waals surface area contributed by atoms with E-state index in [-0.39, 0.29) is 12.1 Å². The van der Waals surface area contributed by atoms with E-state index in [0.29, 0.717) is 25.6 Å². The van der Waals surface area contributed by atoms with Gasteiger partial charge in [-0.05, 0) is 37.8 Å². The van der Waals surface area contributed by atoms with Crippen molar-refractivity contribution in [3.63, 3.8) is 0 Å². The van der Waals surface area contributed by atoms with E-state index >= 15 is 0 Å². The molecule has 7 heteroatoms. The Labute approximate surface area is 151 Å². The Hall–Kier alpha value is -2.70. The van der Waals surface area contributed by atoms with Gasteiger partial charge in [-0.3, -0.25) is 4.90 Å². The van der Waals surface area contributed by atoms with E-state index in [9.17, 15) is 4.79 Å². The Balaban J connectivity index is 1.47. The van der Waals surface area contributed by atoms with Gasteiger partial charge < -0.3 is 19.4 Å². The molecule has 0 spiro atoms. The zero-order valence-corrected chi connectivity index (χ0v) is 14.8. The summed E-state index contributed by atoms with van der Waals surface area (Å²) in [6.07, 6.45) is 4.23. The minimum Gasteiger partial charge on any atom is -0.491 e. The molecular formula is C19H22N4O3. The van der Waals surface area contributed by atoms with Crippen LogP contribution in [0.5, 0.6) is 5.75 Å². The van der Waals surface area contributed by atoms with Crippen molar-refractivity contribution >= 4 is 17.6 Å². The third kappa shape index (κ3) is 2.67. The first kappa shape index (κ1) is 15.5. The SMILES string of the molecule is C[C@@H]1COC(=O)N1c1cn2c(n1)-c1ccc(NCC3CC3)cc1OCC2. The Bertz CT molecular complexity index is 858. The summed E-state index contributed by atoms with van der Waals surface area (Å²) in [5, 5.41) is 3.49. The highest BCUT2D eigenvalue weighted by molar-refractivity contribution is 5.89. The zero-order valence-electron chi connectivity index (χ0n) is 14.8. The van der Waals surface area contributed by atoms with Crippen LogP contribution in [0.3, 0.4) is 0 Å². The minimum atomic E-state index is -0.332. The number of benzene rings is 1. The predicted octanol–water partition coefficient (Wildman–Crippen LogP) is 3.11. The fraction of sp³-hybridized carbons (Fsp3) is 0.474. The summed E-state index contributed by atoms with van der Waals surface area (Å²) in [6.45, 7) is 4.65. The van der Waals surface area contributed by atoms with Crippen LogP contribution < -0.4 is 15.0 Å². The van der Waals surface area contributed by atoms with Gasteiger partial charge in [-0.25, -0.2) is 9.78 Å². The summed E-state index contributed by atoms with van der Waals surface area (Å²) in [5.74, 6) is 3.11. The molecule has 7 nitrogen and oxygen atoms in total. The quantitative estimate of drug-likeness (QED) is 0.914. The second-order valence-electron chi connectivity index (χ2n) is 7.30. The first-order chi connectivity index (χ1) is 12.7. The molecule has 0 radical (unpaired) electrons. The second-order valence-corrected chi connectivity index (χ2v) is 7.30. The van der Waals surface area contributed by atoms with Crippen molar-refractivity contribution in [2.45, 2.75) is 32.4 Å². The maximum Gasteiger partial charge on any atom is 0.415 e. The van der Waals surface area contributed by atoms with Crippen molar-refractivity contribution in [1.29, 1.82) is 0 Å². The van der Waals surface area contributed by atoms with Crippen molar-refractivity contribution in [3.05, 3.63) is 24.4 Å². The van der Waals surface area contributed by atoms with Crippen LogP contribution in [0.15, 0.2) is 24.4 Å². The number of hydrogen-bond acceptors (Lipinski definition) is 5. The van der Waals surface area contributed by atoms with Crippen LogP contribution in [0.4, 0.5) is 16.3 Å². The topological polar surface area (TPSA) is 68.6 Å². The largest absolute Gasteiger partial charge is 0.491 e. The van der Waals surface area contributed by atoms with Gasteiger partial charge in [0.2, 0.25) is 0 Å². The number of rotatable bonds is 4. The highest BCUT2D eigenvalue weighted by atomic mass is 16.6. The molecular weight excluding hydrogens is 332 g/mol. The predicted molar refractivity (Wildman–Crippen MR) is 97.7 cm³/mol. The van der Waals surface area contributed by atoms with Crippen LogP contribution in [0.25, 0.3) is 11.4 Å². The summed E-state index contributed by atoms with van der Waals surface area (Å²) in [6, 6.07) is 6.16. The number of aromatic nitrogens is 2. The van der Waals surface area contributed by atoms with Crippen LogP contribution in [0.2, 0.25) is 0 Å². The Morgan fingerprint density at radius 1 is 1.31 bits per heavy atom. The number of hydrogen-bond donors (Lipinski definition) is 1. The van der Waals surface area contributed by atoms with Crippen molar-refractivity contribution in [2.24, 2.45) is 5.92 Å². The van der Waals surface area contributed by atoms with Gasteiger partial charge in [-0.2, -0.15) is 0 Å². The average Bonchev–Trinajstić information content (AvgIpc) is 3.33. The molecule has 3 aliphatic rings. The van der Waals surface area contributed by atoms with Crippen molar-refractivity contribution in [1.82, 2.24) is 9.55 Å². The fourth-order valence-electron chi connectivity index (χ4n) is 3.51. The molecule has 2 fully saturated rings. The van der Waals surface area contributed by atoms with Crippen molar-refractivity contribution < 1.29 is 14.3 Å². The smallest absolute Gasteiger partial charge is 0.415 e. The summed E-state index contributed by atoms with van der Waals surface area (Å²) >= 11 is 0. The minimum absolute atomic E-state index is 0.00800. The maximum atomic E-state index is 12.0. The molecule has 3 heterocycles. The number of fused-ring (bicyclic) bond motifs is 3. The summed E-state index contributed by atoms with van der Waals surface area (Å²) in [4.78, 5) is 18.4. The van der Waals surface area contributed by atoms with Gasteiger partial charge in [-0.15, -0.1) is 0 Å². The molecule has 1 amide bonds. The number of cyclic esters (lactones) is 1. The number of anilines is 2. The first-order valence-corrected chi connectivity index (χ1v) is 9.23. The van der Waals surface area contributed by atoms with E-state index in [0.717, 1.165) is 35.3 Å². The van der Waals surface area contributed by atoms with E-state index in [1.54, 1.807) is 4.90 Å². The Kier molecular flexibility index (Phi) is 3.55. The van der Waals surface area contributed by atoms with Crippen molar-refractivity contribution in [3.8, 4) is 17.1 Å². The number of carbonyl (C=O) groups is 1. The molecule has 1 saturated carbocycles. The van der Waals surface area contributed by atoms with Gasteiger partial charge in [0.25, 0.3) is 0 Å². The number of carbonyl (C=O) groups excluding carboxylic acids is 1. The molecule has 1 aromatic heterocycles. The summed E-state index contributed by atoms with van der Waals surface area (Å²) < 4.78 is 13.1. The average molecular weight is 354 g/mol. The molecule has 0 bridgehead atoms. The lowest BCUT2D eigenvalue weighted by Crippen LogP contribution is -2.31. The molecule has 5 rings (SSSR count). The molecule has 1 atom stereocenters. The number of imidazole rings is 1. The van der Waals surface area contributed by atoms with Gasteiger partial charge in [0, 0.05) is 24.5 Å². The van der Waals surface area contributed by atoms with Crippen LogP contribution in [-0.4, -0.2) is 41.4 Å². The maximum absolute atomic E-state index is 12.0. The summed E-state index contributed by atoms with van der Waals surface area (Å²) in [7, 11) is 0. The second kappa shape index (κ2) is 5.93. The van der Waals surface area contributed by atoms with E-state index < -0.39 is 0 Å². The molecule has 2 aliphatic heterocycles. The molecule has 0 unspecified atom stereocenters. The van der Waals surface area contributed by atoms with Gasteiger partial charge >= 0.3 is 6.09 Å². The highest BCUT2D eigenvalue weighted by Gasteiger charge is 2.34. The van der Waals surface area contributed by atoms with Gasteiger partial charge in [0.1, 0.15) is 24.8 Å². The Morgan fingerprint density at radius 2 is 2.19 bits per heavy atom. The fourth-order valence-corrected chi connectivity index (χ4v) is 3.51. The molecule has 1 aromatic carbocycles.